The van der Waals surface area contributed by atoms with Crippen LogP contribution in [0.5, 0.6) is 0 Å². The number of hydrogen-bond acceptors (Lipinski definition) is 2. The van der Waals surface area contributed by atoms with Crippen molar-refractivity contribution in [2.24, 2.45) is 0 Å². The Hall–Kier alpha value is -1.12. The zero-order chi connectivity index (χ0) is 14.2. The van der Waals surface area contributed by atoms with Gasteiger partial charge in [0.15, 0.2) is 0 Å². The van der Waals surface area contributed by atoms with E-state index in [-0.39, 0.29) is 5.41 Å². The zero-order valence-electron chi connectivity index (χ0n) is 12.6. The summed E-state index contributed by atoms with van der Waals surface area (Å²) in [7, 11) is 0. The minimum atomic E-state index is 0.229. The molecule has 1 aliphatic carbocycles. The van der Waals surface area contributed by atoms with E-state index in [1.807, 2.05) is 11.3 Å². The van der Waals surface area contributed by atoms with E-state index in [2.05, 4.69) is 62.5 Å². The van der Waals surface area contributed by atoms with Gasteiger partial charge in [-0.25, -0.2) is 0 Å². The van der Waals surface area contributed by atoms with Gasteiger partial charge in [0.25, 0.3) is 0 Å². The van der Waals surface area contributed by atoms with Crippen LogP contribution in [-0.2, 0) is 12.0 Å². The Labute approximate surface area is 126 Å². The molecule has 0 unspecified atom stereocenters. The normalized spacial score (nSPS) is 15.6. The van der Waals surface area contributed by atoms with Crippen molar-refractivity contribution in [2.75, 3.05) is 0 Å². The molecule has 106 valence electrons. The molecule has 20 heavy (non-hydrogen) atoms. The molecule has 1 aromatic carbocycles. The van der Waals surface area contributed by atoms with Crippen molar-refractivity contribution in [2.45, 2.75) is 51.6 Å². The summed E-state index contributed by atoms with van der Waals surface area (Å²) in [5, 5.41) is 3.58. The first-order chi connectivity index (χ1) is 9.52. The topological polar surface area (TPSA) is 12.0 Å². The van der Waals surface area contributed by atoms with Crippen LogP contribution < -0.4 is 5.32 Å². The van der Waals surface area contributed by atoms with E-state index >= 15 is 0 Å². The highest BCUT2D eigenvalue weighted by Gasteiger charge is 2.20. The van der Waals surface area contributed by atoms with Crippen molar-refractivity contribution in [1.29, 1.82) is 0 Å². The Morgan fingerprint density at radius 2 is 1.75 bits per heavy atom. The molecule has 1 aliphatic rings. The molecule has 0 aliphatic heterocycles. The quantitative estimate of drug-likeness (QED) is 0.836. The van der Waals surface area contributed by atoms with Crippen LogP contribution in [-0.4, -0.2) is 6.04 Å². The van der Waals surface area contributed by atoms with Crippen molar-refractivity contribution < 1.29 is 0 Å². The van der Waals surface area contributed by atoms with Crippen molar-refractivity contribution in [3.8, 4) is 10.4 Å². The number of rotatable bonds is 4. The maximum Gasteiger partial charge on any atom is 0.0346 e. The highest BCUT2D eigenvalue weighted by atomic mass is 32.1. The third kappa shape index (κ3) is 3.31. The van der Waals surface area contributed by atoms with Crippen molar-refractivity contribution >= 4 is 11.3 Å². The van der Waals surface area contributed by atoms with Crippen LogP contribution in [0, 0.1) is 0 Å². The molecule has 1 aromatic heterocycles. The molecule has 1 saturated carbocycles. The molecule has 1 heterocycles. The van der Waals surface area contributed by atoms with Crippen molar-refractivity contribution in [1.82, 2.24) is 5.32 Å². The van der Waals surface area contributed by atoms with Crippen LogP contribution in [0.3, 0.4) is 0 Å². The summed E-state index contributed by atoms with van der Waals surface area (Å²) in [5.74, 6) is 0. The van der Waals surface area contributed by atoms with Gasteiger partial charge in [-0.1, -0.05) is 45.0 Å². The van der Waals surface area contributed by atoms with Gasteiger partial charge in [-0.15, -0.1) is 11.3 Å². The maximum absolute atomic E-state index is 3.58. The monoisotopic (exact) mass is 285 g/mol. The molecule has 0 bridgehead atoms. The Balaban J connectivity index is 1.71. The summed E-state index contributed by atoms with van der Waals surface area (Å²) in [5.41, 5.74) is 2.96. The SMILES string of the molecule is CC(C)(C)c1ccc(-c2ccc(CNC3CC3)s2)cc1. The first-order valence-electron chi connectivity index (χ1n) is 7.45. The van der Waals surface area contributed by atoms with Crippen LogP contribution in [0.4, 0.5) is 0 Å². The van der Waals surface area contributed by atoms with E-state index in [1.165, 1.54) is 33.7 Å². The minimum absolute atomic E-state index is 0.229. The van der Waals surface area contributed by atoms with Crippen LogP contribution in [0.2, 0.25) is 0 Å². The summed E-state index contributed by atoms with van der Waals surface area (Å²) >= 11 is 1.91. The molecule has 2 heteroatoms. The van der Waals surface area contributed by atoms with E-state index in [0.29, 0.717) is 0 Å². The fourth-order valence-corrected chi connectivity index (χ4v) is 3.26. The molecule has 0 saturated heterocycles. The maximum atomic E-state index is 3.58. The summed E-state index contributed by atoms with van der Waals surface area (Å²) in [6.07, 6.45) is 2.71. The summed E-state index contributed by atoms with van der Waals surface area (Å²) in [4.78, 5) is 2.81. The average Bonchev–Trinajstić information content (AvgIpc) is 3.13. The highest BCUT2D eigenvalue weighted by Crippen LogP contribution is 2.31. The van der Waals surface area contributed by atoms with Gasteiger partial charge in [0.2, 0.25) is 0 Å². The Kier molecular flexibility index (Phi) is 3.70. The van der Waals surface area contributed by atoms with Gasteiger partial charge in [0.1, 0.15) is 0 Å². The number of thiophene rings is 1. The number of benzene rings is 1. The molecule has 0 spiro atoms. The molecule has 3 rings (SSSR count). The second kappa shape index (κ2) is 5.34. The lowest BCUT2D eigenvalue weighted by molar-refractivity contribution is 0.590. The van der Waals surface area contributed by atoms with Crippen molar-refractivity contribution in [3.05, 3.63) is 46.8 Å². The molecule has 0 radical (unpaired) electrons. The van der Waals surface area contributed by atoms with Crippen LogP contribution in [0.25, 0.3) is 10.4 Å². The molecule has 0 atom stereocenters. The first kappa shape index (κ1) is 13.8. The standard InChI is InChI=1S/C18H23NS/c1-18(2,3)14-6-4-13(5-7-14)17-11-10-16(20-17)12-19-15-8-9-15/h4-7,10-11,15,19H,8-9,12H2,1-3H3. The second-order valence-electron chi connectivity index (χ2n) is 6.75. The van der Waals surface area contributed by atoms with E-state index < -0.39 is 0 Å². The summed E-state index contributed by atoms with van der Waals surface area (Å²) < 4.78 is 0. The van der Waals surface area contributed by atoms with Gasteiger partial charge in [-0.05, 0) is 41.5 Å². The van der Waals surface area contributed by atoms with Gasteiger partial charge in [0, 0.05) is 22.3 Å². The Morgan fingerprint density at radius 1 is 1.05 bits per heavy atom. The van der Waals surface area contributed by atoms with Crippen LogP contribution >= 0.6 is 11.3 Å². The van der Waals surface area contributed by atoms with Gasteiger partial charge in [-0.2, -0.15) is 0 Å². The average molecular weight is 285 g/mol. The largest absolute Gasteiger partial charge is 0.309 e. The lowest BCUT2D eigenvalue weighted by Gasteiger charge is -2.18. The molecule has 1 N–H and O–H groups in total. The summed E-state index contributed by atoms with van der Waals surface area (Å²) in [6, 6.07) is 14.3. The molecular weight excluding hydrogens is 262 g/mol. The molecule has 0 amide bonds. The molecular formula is C18H23NS. The Morgan fingerprint density at radius 3 is 2.35 bits per heavy atom. The van der Waals surface area contributed by atoms with Gasteiger partial charge >= 0.3 is 0 Å². The van der Waals surface area contributed by atoms with Gasteiger partial charge in [-0.3, -0.25) is 0 Å². The highest BCUT2D eigenvalue weighted by molar-refractivity contribution is 7.15. The van der Waals surface area contributed by atoms with Crippen LogP contribution in [0.15, 0.2) is 36.4 Å². The second-order valence-corrected chi connectivity index (χ2v) is 7.92. The van der Waals surface area contributed by atoms with Gasteiger partial charge < -0.3 is 5.32 Å². The smallest absolute Gasteiger partial charge is 0.0346 e. The first-order valence-corrected chi connectivity index (χ1v) is 8.27. The lowest BCUT2D eigenvalue weighted by atomic mass is 9.86. The van der Waals surface area contributed by atoms with E-state index in [4.69, 9.17) is 0 Å². The van der Waals surface area contributed by atoms with Crippen molar-refractivity contribution in [3.63, 3.8) is 0 Å². The zero-order valence-corrected chi connectivity index (χ0v) is 13.4. The third-order valence-corrected chi connectivity index (χ3v) is 4.97. The van der Waals surface area contributed by atoms with Gasteiger partial charge in [0.05, 0.1) is 0 Å². The van der Waals surface area contributed by atoms with Crippen LogP contribution in [0.1, 0.15) is 44.1 Å². The van der Waals surface area contributed by atoms with E-state index in [9.17, 15) is 0 Å². The predicted octanol–water partition coefficient (Wildman–Crippen LogP) is 4.96. The molecule has 2 aromatic rings. The lowest BCUT2D eigenvalue weighted by Crippen LogP contribution is -2.14. The van der Waals surface area contributed by atoms with E-state index in [1.54, 1.807) is 0 Å². The predicted molar refractivity (Wildman–Crippen MR) is 88.3 cm³/mol. The Bertz CT molecular complexity index is 570. The third-order valence-electron chi connectivity index (χ3n) is 3.84. The minimum Gasteiger partial charge on any atom is -0.309 e. The fraction of sp³-hybridized carbons (Fsp3) is 0.444. The molecule has 1 nitrogen and oxygen atoms in total. The number of nitrogens with one attached hydrogen (secondary N) is 1. The summed E-state index contributed by atoms with van der Waals surface area (Å²) in [6.45, 7) is 7.80. The van der Waals surface area contributed by atoms with E-state index in [0.717, 1.165) is 12.6 Å². The molecule has 1 fully saturated rings. The fourth-order valence-electron chi connectivity index (χ4n) is 2.29. The number of hydrogen-bond donors (Lipinski definition) is 1.